The summed E-state index contributed by atoms with van der Waals surface area (Å²) < 4.78 is 39.5. The molecular formula is C15H20Cl2F3N3S. The third-order valence-electron chi connectivity index (χ3n) is 3.57. The van der Waals surface area contributed by atoms with Crippen molar-refractivity contribution in [3.63, 3.8) is 0 Å². The SMILES string of the molecule is Cc1nc(C(C)N)sc1-c1ccnc(C(C)(C)C(F)(F)F)c1.Cl.Cl. The van der Waals surface area contributed by atoms with Crippen LogP contribution in [0.2, 0.25) is 0 Å². The Balaban J connectivity index is 0.00000264. The Kier molecular flexibility index (Phi) is 7.70. The summed E-state index contributed by atoms with van der Waals surface area (Å²) in [5, 5.41) is 0.765. The molecule has 24 heavy (non-hydrogen) atoms. The molecule has 2 rings (SSSR count). The Morgan fingerprint density at radius 1 is 1.21 bits per heavy atom. The quantitative estimate of drug-likeness (QED) is 0.766. The second-order valence-corrected chi connectivity index (χ2v) is 6.84. The maximum Gasteiger partial charge on any atom is 0.399 e. The largest absolute Gasteiger partial charge is 0.399 e. The van der Waals surface area contributed by atoms with Crippen LogP contribution in [0, 0.1) is 6.92 Å². The Morgan fingerprint density at radius 2 is 1.79 bits per heavy atom. The van der Waals surface area contributed by atoms with Crippen LogP contribution in [0.25, 0.3) is 10.4 Å². The van der Waals surface area contributed by atoms with Gasteiger partial charge in [-0.1, -0.05) is 0 Å². The molecule has 1 atom stereocenters. The number of alkyl halides is 3. The van der Waals surface area contributed by atoms with E-state index in [0.717, 1.165) is 29.4 Å². The molecule has 0 fully saturated rings. The Hall–Kier alpha value is -0.890. The summed E-state index contributed by atoms with van der Waals surface area (Å²) in [6.07, 6.45) is -2.96. The van der Waals surface area contributed by atoms with Crippen molar-refractivity contribution >= 4 is 36.2 Å². The zero-order valence-electron chi connectivity index (χ0n) is 13.6. The highest BCUT2D eigenvalue weighted by molar-refractivity contribution is 7.15. The van der Waals surface area contributed by atoms with Gasteiger partial charge in [0.15, 0.2) is 0 Å². The highest BCUT2D eigenvalue weighted by atomic mass is 35.5. The van der Waals surface area contributed by atoms with E-state index in [1.807, 2.05) is 13.8 Å². The van der Waals surface area contributed by atoms with Crippen LogP contribution in [0.15, 0.2) is 18.3 Å². The first-order valence-electron chi connectivity index (χ1n) is 6.80. The average molecular weight is 402 g/mol. The molecule has 2 N–H and O–H groups in total. The van der Waals surface area contributed by atoms with Crippen molar-refractivity contribution in [3.05, 3.63) is 34.7 Å². The van der Waals surface area contributed by atoms with Crippen molar-refractivity contribution in [1.82, 2.24) is 9.97 Å². The number of rotatable bonds is 3. The van der Waals surface area contributed by atoms with Crippen molar-refractivity contribution < 1.29 is 13.2 Å². The second kappa shape index (κ2) is 7.99. The first-order chi connectivity index (χ1) is 10.0. The predicted molar refractivity (Wildman–Crippen MR) is 96.3 cm³/mol. The van der Waals surface area contributed by atoms with E-state index in [9.17, 15) is 13.2 Å². The molecule has 136 valence electrons. The highest BCUT2D eigenvalue weighted by Crippen LogP contribution is 2.41. The summed E-state index contributed by atoms with van der Waals surface area (Å²) in [5.74, 6) is 0. The lowest BCUT2D eigenvalue weighted by Crippen LogP contribution is -2.37. The van der Waals surface area contributed by atoms with Crippen LogP contribution >= 0.6 is 36.2 Å². The van der Waals surface area contributed by atoms with Crippen LogP contribution in [0.4, 0.5) is 13.2 Å². The summed E-state index contributed by atoms with van der Waals surface area (Å²) in [6, 6.07) is 2.98. The molecule has 0 saturated carbocycles. The molecule has 3 nitrogen and oxygen atoms in total. The molecule has 2 aromatic heterocycles. The highest BCUT2D eigenvalue weighted by Gasteiger charge is 2.49. The smallest absolute Gasteiger partial charge is 0.322 e. The van der Waals surface area contributed by atoms with Crippen molar-refractivity contribution in [2.24, 2.45) is 5.73 Å². The fourth-order valence-electron chi connectivity index (χ4n) is 1.94. The number of nitrogens with zero attached hydrogens (tertiary/aromatic N) is 2. The second-order valence-electron chi connectivity index (χ2n) is 5.81. The molecule has 0 bridgehead atoms. The van der Waals surface area contributed by atoms with Crippen molar-refractivity contribution in [2.75, 3.05) is 0 Å². The van der Waals surface area contributed by atoms with Gasteiger partial charge in [-0.15, -0.1) is 36.2 Å². The van der Waals surface area contributed by atoms with Crippen LogP contribution < -0.4 is 5.73 Å². The topological polar surface area (TPSA) is 51.8 Å². The summed E-state index contributed by atoms with van der Waals surface area (Å²) in [5.41, 5.74) is 5.25. The molecule has 0 saturated heterocycles. The van der Waals surface area contributed by atoms with Crippen LogP contribution in [0.3, 0.4) is 0 Å². The molecule has 0 aliphatic carbocycles. The van der Waals surface area contributed by atoms with Crippen LogP contribution in [-0.2, 0) is 5.41 Å². The van der Waals surface area contributed by atoms with Crippen LogP contribution in [0.5, 0.6) is 0 Å². The van der Waals surface area contributed by atoms with Crippen molar-refractivity contribution in [2.45, 2.75) is 45.3 Å². The third kappa shape index (κ3) is 4.39. The Morgan fingerprint density at radius 3 is 2.25 bits per heavy atom. The fraction of sp³-hybridized carbons (Fsp3) is 0.467. The van der Waals surface area contributed by atoms with Gasteiger partial charge < -0.3 is 5.73 Å². The van der Waals surface area contributed by atoms with Gasteiger partial charge in [-0.05, 0) is 45.4 Å². The van der Waals surface area contributed by atoms with Crippen molar-refractivity contribution in [1.29, 1.82) is 0 Å². The van der Waals surface area contributed by atoms with E-state index >= 15 is 0 Å². The van der Waals surface area contributed by atoms with Gasteiger partial charge in [0.05, 0.1) is 22.3 Å². The first-order valence-corrected chi connectivity index (χ1v) is 7.62. The monoisotopic (exact) mass is 401 g/mol. The molecule has 0 aromatic carbocycles. The molecule has 0 spiro atoms. The fourth-order valence-corrected chi connectivity index (χ4v) is 2.95. The predicted octanol–water partition coefficient (Wildman–Crippen LogP) is 5.22. The standard InChI is InChI=1S/C15H18F3N3S.2ClH/c1-8(19)13-21-9(2)12(22-13)10-5-6-20-11(7-10)14(3,4)15(16,17)18;;/h5-8H,19H2,1-4H3;2*1H. The summed E-state index contributed by atoms with van der Waals surface area (Å²) in [7, 11) is 0. The molecule has 0 amide bonds. The molecule has 1 unspecified atom stereocenters. The van der Waals surface area contributed by atoms with E-state index in [4.69, 9.17) is 5.73 Å². The third-order valence-corrected chi connectivity index (χ3v) is 4.98. The van der Waals surface area contributed by atoms with Gasteiger partial charge in [-0.2, -0.15) is 13.2 Å². The molecule has 9 heteroatoms. The minimum absolute atomic E-state index is 0. The van der Waals surface area contributed by atoms with Gasteiger partial charge in [0.1, 0.15) is 10.4 Å². The van der Waals surface area contributed by atoms with Gasteiger partial charge in [0.2, 0.25) is 0 Å². The van der Waals surface area contributed by atoms with E-state index in [2.05, 4.69) is 9.97 Å². The minimum atomic E-state index is -4.36. The van der Waals surface area contributed by atoms with Crippen LogP contribution in [-0.4, -0.2) is 16.1 Å². The lowest BCUT2D eigenvalue weighted by Gasteiger charge is -2.27. The maximum absolute atomic E-state index is 13.2. The normalized spacial score (nSPS) is 13.0. The van der Waals surface area contributed by atoms with Crippen molar-refractivity contribution in [3.8, 4) is 10.4 Å². The minimum Gasteiger partial charge on any atom is -0.322 e. The number of aromatic nitrogens is 2. The maximum atomic E-state index is 13.2. The molecule has 2 aromatic rings. The number of nitrogens with two attached hydrogens (primary N) is 1. The summed E-state index contributed by atoms with van der Waals surface area (Å²) in [6.45, 7) is 5.91. The zero-order chi connectivity index (χ0) is 16.7. The van der Waals surface area contributed by atoms with E-state index in [0.29, 0.717) is 5.56 Å². The Bertz CT molecular complexity index is 685. The lowest BCUT2D eigenvalue weighted by molar-refractivity contribution is -0.181. The van der Waals surface area contributed by atoms with Gasteiger partial charge in [-0.3, -0.25) is 4.98 Å². The summed E-state index contributed by atoms with van der Waals surface area (Å²) >= 11 is 1.40. The molecule has 0 radical (unpaired) electrons. The number of hydrogen-bond acceptors (Lipinski definition) is 4. The number of halogens is 5. The first kappa shape index (κ1) is 23.1. The van der Waals surface area contributed by atoms with Gasteiger partial charge in [0, 0.05) is 6.20 Å². The summed E-state index contributed by atoms with van der Waals surface area (Å²) in [4.78, 5) is 9.12. The molecule has 2 heterocycles. The van der Waals surface area contributed by atoms with E-state index < -0.39 is 11.6 Å². The molecule has 0 aliphatic heterocycles. The lowest BCUT2D eigenvalue weighted by atomic mass is 9.87. The molecule has 0 aliphatic rings. The van der Waals surface area contributed by atoms with E-state index in [1.54, 1.807) is 6.07 Å². The van der Waals surface area contributed by atoms with E-state index in [-0.39, 0.29) is 36.5 Å². The van der Waals surface area contributed by atoms with E-state index in [1.165, 1.54) is 23.6 Å². The van der Waals surface area contributed by atoms with Crippen LogP contribution in [0.1, 0.15) is 43.2 Å². The average Bonchev–Trinajstić information content (AvgIpc) is 2.80. The van der Waals surface area contributed by atoms with Gasteiger partial charge in [-0.25, -0.2) is 4.98 Å². The number of hydrogen-bond donors (Lipinski definition) is 1. The Labute approximate surface area is 155 Å². The zero-order valence-corrected chi connectivity index (χ0v) is 16.1. The number of aryl methyl sites for hydroxylation is 1. The van der Waals surface area contributed by atoms with Gasteiger partial charge >= 0.3 is 6.18 Å². The molecular weight excluding hydrogens is 382 g/mol. The van der Waals surface area contributed by atoms with Gasteiger partial charge in [0.25, 0.3) is 0 Å². The number of thiazole rings is 1. The number of pyridine rings is 1.